The fraction of sp³-hybridized carbons (Fsp3) is 0.500. The van der Waals surface area contributed by atoms with E-state index in [4.69, 9.17) is 10.2 Å². The monoisotopic (exact) mass is 222 g/mol. The molecular weight excluding hydrogens is 208 g/mol. The van der Waals surface area contributed by atoms with Gasteiger partial charge in [0, 0.05) is 5.92 Å². The molecule has 1 unspecified atom stereocenters. The maximum absolute atomic E-state index is 11.5. The number of nitrogens with zero attached hydrogens (tertiary/aromatic N) is 2. The second kappa shape index (κ2) is 4.44. The van der Waals surface area contributed by atoms with Crippen LogP contribution in [0, 0.1) is 0 Å². The highest BCUT2D eigenvalue weighted by atomic mass is 16.4. The van der Waals surface area contributed by atoms with Gasteiger partial charge in [-0.15, -0.1) is 11.7 Å². The van der Waals surface area contributed by atoms with Crippen LogP contribution in [-0.2, 0) is 4.79 Å². The second-order valence-electron chi connectivity index (χ2n) is 3.84. The van der Waals surface area contributed by atoms with Crippen LogP contribution in [0.15, 0.2) is 17.1 Å². The molecule has 1 aliphatic rings. The summed E-state index contributed by atoms with van der Waals surface area (Å²) >= 11 is 0. The Hall–Kier alpha value is -1.69. The van der Waals surface area contributed by atoms with Gasteiger partial charge >= 0.3 is 6.01 Å². The van der Waals surface area contributed by atoms with Crippen LogP contribution in [0.25, 0.3) is 0 Å². The molecule has 6 nitrogen and oxygen atoms in total. The standard InChI is InChI=1S/C10H14N4O2/c1-2-3-7(11)8(15)12-10-14-13-9(16-10)6-4-5-6/h2,6-7H,1,3-5,11H2,(H,12,14,15). The molecular formula is C10H14N4O2. The Balaban J connectivity index is 1.92. The van der Waals surface area contributed by atoms with Gasteiger partial charge in [0.1, 0.15) is 0 Å². The van der Waals surface area contributed by atoms with Crippen molar-refractivity contribution in [2.45, 2.75) is 31.2 Å². The van der Waals surface area contributed by atoms with Crippen LogP contribution in [-0.4, -0.2) is 22.1 Å². The summed E-state index contributed by atoms with van der Waals surface area (Å²) in [6, 6.07) is -0.514. The fourth-order valence-electron chi connectivity index (χ4n) is 1.27. The van der Waals surface area contributed by atoms with E-state index >= 15 is 0 Å². The minimum atomic E-state index is -0.631. The van der Waals surface area contributed by atoms with Crippen molar-refractivity contribution in [3.8, 4) is 0 Å². The molecule has 6 heteroatoms. The molecule has 0 radical (unpaired) electrons. The Labute approximate surface area is 92.9 Å². The number of nitrogens with one attached hydrogen (secondary N) is 1. The smallest absolute Gasteiger partial charge is 0.322 e. The van der Waals surface area contributed by atoms with Crippen LogP contribution >= 0.6 is 0 Å². The highest BCUT2D eigenvalue weighted by molar-refractivity contribution is 5.92. The van der Waals surface area contributed by atoms with Crippen molar-refractivity contribution >= 4 is 11.9 Å². The van der Waals surface area contributed by atoms with Gasteiger partial charge in [-0.3, -0.25) is 10.1 Å². The number of hydrogen-bond acceptors (Lipinski definition) is 5. The molecule has 86 valence electrons. The van der Waals surface area contributed by atoms with E-state index in [1.54, 1.807) is 6.08 Å². The topological polar surface area (TPSA) is 94.0 Å². The Morgan fingerprint density at radius 2 is 2.44 bits per heavy atom. The number of carbonyl (C=O) groups excluding carboxylic acids is 1. The van der Waals surface area contributed by atoms with Gasteiger partial charge in [0.05, 0.1) is 6.04 Å². The zero-order chi connectivity index (χ0) is 11.5. The summed E-state index contributed by atoms with van der Waals surface area (Å²) in [5, 5.41) is 10.1. The summed E-state index contributed by atoms with van der Waals surface area (Å²) < 4.78 is 5.27. The molecule has 16 heavy (non-hydrogen) atoms. The molecule has 1 atom stereocenters. The van der Waals surface area contributed by atoms with Crippen LogP contribution in [0.5, 0.6) is 0 Å². The molecule has 1 aliphatic carbocycles. The number of hydrogen-bond donors (Lipinski definition) is 2. The van der Waals surface area contributed by atoms with Crippen LogP contribution in [0.3, 0.4) is 0 Å². The Bertz CT molecular complexity index is 397. The Morgan fingerprint density at radius 3 is 3.06 bits per heavy atom. The predicted octanol–water partition coefficient (Wildman–Crippen LogP) is 0.789. The zero-order valence-electron chi connectivity index (χ0n) is 8.85. The molecule has 0 bridgehead atoms. The molecule has 1 aromatic rings. The third-order valence-electron chi connectivity index (χ3n) is 2.35. The first-order valence-corrected chi connectivity index (χ1v) is 5.21. The van der Waals surface area contributed by atoms with Crippen LogP contribution in [0.2, 0.25) is 0 Å². The summed E-state index contributed by atoms with van der Waals surface area (Å²) in [6.45, 7) is 3.51. The molecule has 0 saturated heterocycles. The summed E-state index contributed by atoms with van der Waals surface area (Å²) in [5.74, 6) is 0.624. The van der Waals surface area contributed by atoms with E-state index in [2.05, 4.69) is 22.1 Å². The molecule has 1 fully saturated rings. The first-order chi connectivity index (χ1) is 7.70. The second-order valence-corrected chi connectivity index (χ2v) is 3.84. The molecule has 1 heterocycles. The normalized spacial score (nSPS) is 16.8. The summed E-state index contributed by atoms with van der Waals surface area (Å²) in [4.78, 5) is 11.5. The minimum Gasteiger partial charge on any atom is -0.408 e. The third kappa shape index (κ3) is 2.46. The number of aromatic nitrogens is 2. The lowest BCUT2D eigenvalue weighted by atomic mass is 10.2. The number of rotatable bonds is 5. The average molecular weight is 222 g/mol. The first-order valence-electron chi connectivity index (χ1n) is 5.21. The zero-order valence-corrected chi connectivity index (χ0v) is 8.85. The lowest BCUT2D eigenvalue weighted by molar-refractivity contribution is -0.117. The maximum Gasteiger partial charge on any atom is 0.322 e. The Morgan fingerprint density at radius 1 is 1.69 bits per heavy atom. The van der Waals surface area contributed by atoms with Gasteiger partial charge in [-0.1, -0.05) is 11.2 Å². The van der Waals surface area contributed by atoms with E-state index in [1.807, 2.05) is 0 Å². The largest absolute Gasteiger partial charge is 0.408 e. The van der Waals surface area contributed by atoms with Gasteiger partial charge in [0.25, 0.3) is 0 Å². The van der Waals surface area contributed by atoms with Crippen LogP contribution < -0.4 is 11.1 Å². The minimum absolute atomic E-state index is 0.117. The highest BCUT2D eigenvalue weighted by Crippen LogP contribution is 2.39. The number of amides is 1. The maximum atomic E-state index is 11.5. The van der Waals surface area contributed by atoms with E-state index < -0.39 is 6.04 Å². The molecule has 3 N–H and O–H groups in total. The lowest BCUT2D eigenvalue weighted by Gasteiger charge is -2.06. The number of nitrogens with two attached hydrogens (primary N) is 1. The summed E-state index contributed by atoms with van der Waals surface area (Å²) in [6.07, 6.45) is 4.15. The molecule has 0 aliphatic heterocycles. The molecule has 1 amide bonds. The van der Waals surface area contributed by atoms with Gasteiger partial charge in [0.2, 0.25) is 11.8 Å². The van der Waals surface area contributed by atoms with Gasteiger partial charge in [-0.2, -0.15) is 0 Å². The van der Waals surface area contributed by atoms with Crippen molar-refractivity contribution in [3.63, 3.8) is 0 Å². The van der Waals surface area contributed by atoms with Crippen molar-refractivity contribution in [2.75, 3.05) is 5.32 Å². The summed E-state index contributed by atoms with van der Waals surface area (Å²) in [7, 11) is 0. The average Bonchev–Trinajstić information content (AvgIpc) is 3.01. The highest BCUT2D eigenvalue weighted by Gasteiger charge is 2.29. The van der Waals surface area contributed by atoms with Gasteiger partial charge < -0.3 is 10.2 Å². The van der Waals surface area contributed by atoms with Gasteiger partial charge in [0.15, 0.2) is 0 Å². The molecule has 1 aromatic heterocycles. The van der Waals surface area contributed by atoms with Gasteiger partial charge in [-0.25, -0.2) is 0 Å². The summed E-state index contributed by atoms with van der Waals surface area (Å²) in [5.41, 5.74) is 5.58. The number of anilines is 1. The third-order valence-corrected chi connectivity index (χ3v) is 2.35. The SMILES string of the molecule is C=CCC(N)C(=O)Nc1nnc(C2CC2)o1. The molecule has 0 spiro atoms. The first kappa shape index (κ1) is 10.8. The molecule has 0 aromatic carbocycles. The van der Waals surface area contributed by atoms with Crippen molar-refractivity contribution in [1.82, 2.24) is 10.2 Å². The van der Waals surface area contributed by atoms with E-state index in [0.717, 1.165) is 12.8 Å². The van der Waals surface area contributed by atoms with E-state index in [-0.39, 0.29) is 11.9 Å². The quantitative estimate of drug-likeness (QED) is 0.718. The van der Waals surface area contributed by atoms with Crippen molar-refractivity contribution in [3.05, 3.63) is 18.5 Å². The number of carbonyl (C=O) groups is 1. The predicted molar refractivity (Wildman–Crippen MR) is 57.7 cm³/mol. The van der Waals surface area contributed by atoms with Crippen molar-refractivity contribution in [1.29, 1.82) is 0 Å². The van der Waals surface area contributed by atoms with Crippen LogP contribution in [0.1, 0.15) is 31.1 Å². The van der Waals surface area contributed by atoms with Crippen molar-refractivity contribution < 1.29 is 9.21 Å². The van der Waals surface area contributed by atoms with E-state index in [0.29, 0.717) is 18.2 Å². The van der Waals surface area contributed by atoms with E-state index in [9.17, 15) is 4.79 Å². The van der Waals surface area contributed by atoms with Crippen LogP contribution in [0.4, 0.5) is 6.01 Å². The Kier molecular flexibility index (Phi) is 3.00. The molecule has 2 rings (SSSR count). The lowest BCUT2D eigenvalue weighted by Crippen LogP contribution is -2.35. The molecule has 1 saturated carbocycles. The van der Waals surface area contributed by atoms with E-state index in [1.165, 1.54) is 0 Å². The van der Waals surface area contributed by atoms with Crippen molar-refractivity contribution in [2.24, 2.45) is 5.73 Å². The fourth-order valence-corrected chi connectivity index (χ4v) is 1.27. The van der Waals surface area contributed by atoms with Gasteiger partial charge in [-0.05, 0) is 19.3 Å².